The number of nitrogens with zero attached hydrogens (tertiary/aromatic N) is 1. The van der Waals surface area contributed by atoms with E-state index in [2.05, 4.69) is 31.9 Å². The summed E-state index contributed by atoms with van der Waals surface area (Å²) in [4.78, 5) is 0.202. The van der Waals surface area contributed by atoms with E-state index in [9.17, 15) is 8.42 Å². The number of hydrogen-bond acceptors (Lipinski definition) is 4. The average Bonchev–Trinajstić information content (AvgIpc) is 2.30. The van der Waals surface area contributed by atoms with E-state index in [1.807, 2.05) is 13.8 Å². The van der Waals surface area contributed by atoms with Crippen molar-refractivity contribution in [3.8, 4) is 0 Å². The summed E-state index contributed by atoms with van der Waals surface area (Å²) in [7, 11) is -3.62. The second-order valence-electron chi connectivity index (χ2n) is 4.88. The molecule has 2 atom stereocenters. The number of nitrogen functional groups attached to an aromatic ring is 1. The number of rotatable bonds is 2. The minimum absolute atomic E-state index is 0.118. The Kier molecular flexibility index (Phi) is 4.80. The van der Waals surface area contributed by atoms with Crippen LogP contribution in [-0.4, -0.2) is 38.0 Å². The number of benzene rings is 1. The summed E-state index contributed by atoms with van der Waals surface area (Å²) in [6.07, 6.45) is -0.118. The van der Waals surface area contributed by atoms with Crippen LogP contribution in [0.25, 0.3) is 0 Å². The van der Waals surface area contributed by atoms with Gasteiger partial charge in [0.15, 0.2) is 0 Å². The third-order valence-corrected chi connectivity index (χ3v) is 7.00. The Bertz CT molecular complexity index is 598. The van der Waals surface area contributed by atoms with E-state index in [1.165, 1.54) is 4.31 Å². The van der Waals surface area contributed by atoms with Crippen LogP contribution in [0.5, 0.6) is 0 Å². The summed E-state index contributed by atoms with van der Waals surface area (Å²) in [5.41, 5.74) is 6.20. The highest BCUT2D eigenvalue weighted by Gasteiger charge is 2.36. The number of hydrogen-bond donors (Lipinski definition) is 1. The van der Waals surface area contributed by atoms with E-state index < -0.39 is 10.0 Å². The van der Waals surface area contributed by atoms with E-state index in [1.54, 1.807) is 12.1 Å². The molecule has 112 valence electrons. The van der Waals surface area contributed by atoms with Gasteiger partial charge >= 0.3 is 0 Å². The molecule has 1 saturated heterocycles. The molecule has 0 saturated carbocycles. The standard InChI is InChI=1S/C12H16Br2N2O3S/c1-7-6-19-8(2)5-16(7)20(17,18)12-10(13)3-9(15)4-11(12)14/h3-4,7-8H,5-6,15H2,1-2H3. The molecule has 1 aliphatic heterocycles. The van der Waals surface area contributed by atoms with Crippen LogP contribution in [0.1, 0.15) is 13.8 Å². The van der Waals surface area contributed by atoms with Crippen molar-refractivity contribution < 1.29 is 13.2 Å². The average molecular weight is 428 g/mol. The predicted molar refractivity (Wildman–Crippen MR) is 85.0 cm³/mol. The molecule has 2 rings (SSSR count). The fourth-order valence-corrected chi connectivity index (χ4v) is 6.39. The highest BCUT2D eigenvalue weighted by molar-refractivity contribution is 9.11. The molecule has 20 heavy (non-hydrogen) atoms. The zero-order valence-electron chi connectivity index (χ0n) is 11.1. The van der Waals surface area contributed by atoms with Gasteiger partial charge in [0.25, 0.3) is 0 Å². The monoisotopic (exact) mass is 426 g/mol. The molecule has 0 radical (unpaired) electrons. The fraction of sp³-hybridized carbons (Fsp3) is 0.500. The highest BCUT2D eigenvalue weighted by Crippen LogP contribution is 2.35. The Morgan fingerprint density at radius 3 is 2.40 bits per heavy atom. The molecule has 2 unspecified atom stereocenters. The smallest absolute Gasteiger partial charge is 0.245 e. The summed E-state index contributed by atoms with van der Waals surface area (Å²) in [5, 5.41) is 0. The molecule has 2 N–H and O–H groups in total. The summed E-state index contributed by atoms with van der Waals surface area (Å²) < 4.78 is 33.6. The molecule has 8 heteroatoms. The second kappa shape index (κ2) is 5.92. The van der Waals surface area contributed by atoms with E-state index in [0.29, 0.717) is 27.8 Å². The van der Waals surface area contributed by atoms with Crippen LogP contribution in [0.15, 0.2) is 26.0 Å². The number of anilines is 1. The largest absolute Gasteiger partial charge is 0.399 e. The Hall–Kier alpha value is -0.150. The SMILES string of the molecule is CC1CN(S(=O)(=O)c2c(Br)cc(N)cc2Br)C(C)CO1. The lowest BCUT2D eigenvalue weighted by molar-refractivity contribution is -0.0170. The first-order valence-electron chi connectivity index (χ1n) is 6.11. The topological polar surface area (TPSA) is 72.6 Å². The first-order chi connectivity index (χ1) is 9.23. The van der Waals surface area contributed by atoms with Crippen molar-refractivity contribution >= 4 is 47.6 Å². The van der Waals surface area contributed by atoms with Gasteiger partial charge in [-0.3, -0.25) is 0 Å². The van der Waals surface area contributed by atoms with Crippen LogP contribution in [-0.2, 0) is 14.8 Å². The van der Waals surface area contributed by atoms with E-state index >= 15 is 0 Å². The number of sulfonamides is 1. The molecule has 0 aromatic heterocycles. The third-order valence-electron chi connectivity index (χ3n) is 3.14. The molecule has 1 fully saturated rings. The van der Waals surface area contributed by atoms with Gasteiger partial charge in [-0.2, -0.15) is 4.31 Å². The molecule has 1 aromatic carbocycles. The zero-order chi connectivity index (χ0) is 15.1. The van der Waals surface area contributed by atoms with Gasteiger partial charge in [0.2, 0.25) is 10.0 Å². The summed E-state index contributed by atoms with van der Waals surface area (Å²) in [6, 6.07) is 2.98. The number of nitrogens with two attached hydrogens (primary N) is 1. The van der Waals surface area contributed by atoms with Gasteiger partial charge in [0.05, 0.1) is 12.7 Å². The van der Waals surface area contributed by atoms with Crippen molar-refractivity contribution in [1.29, 1.82) is 0 Å². The third kappa shape index (κ3) is 3.04. The Labute approximate surface area is 135 Å². The number of halogens is 2. The maximum atomic E-state index is 12.9. The Morgan fingerprint density at radius 2 is 1.85 bits per heavy atom. The normalized spacial score (nSPS) is 24.8. The van der Waals surface area contributed by atoms with Crippen molar-refractivity contribution in [2.24, 2.45) is 0 Å². The minimum atomic E-state index is -3.62. The van der Waals surface area contributed by atoms with Gasteiger partial charge in [0, 0.05) is 27.2 Å². The van der Waals surface area contributed by atoms with E-state index in [4.69, 9.17) is 10.5 Å². The Morgan fingerprint density at radius 1 is 1.30 bits per heavy atom. The summed E-state index contributed by atoms with van der Waals surface area (Å²) in [6.45, 7) is 4.43. The van der Waals surface area contributed by atoms with Gasteiger partial charge in [-0.15, -0.1) is 0 Å². The van der Waals surface area contributed by atoms with Crippen molar-refractivity contribution in [2.75, 3.05) is 18.9 Å². The molecule has 1 heterocycles. The molecular formula is C12H16Br2N2O3S. The summed E-state index contributed by atoms with van der Waals surface area (Å²) >= 11 is 6.58. The van der Waals surface area contributed by atoms with Crippen molar-refractivity contribution in [3.05, 3.63) is 21.1 Å². The Balaban J connectivity index is 2.50. The van der Waals surface area contributed by atoms with Gasteiger partial charge in [-0.1, -0.05) is 0 Å². The highest BCUT2D eigenvalue weighted by atomic mass is 79.9. The molecule has 0 aliphatic carbocycles. The van der Waals surface area contributed by atoms with Gasteiger partial charge in [-0.25, -0.2) is 8.42 Å². The minimum Gasteiger partial charge on any atom is -0.399 e. The maximum Gasteiger partial charge on any atom is 0.245 e. The van der Waals surface area contributed by atoms with Crippen LogP contribution < -0.4 is 5.73 Å². The van der Waals surface area contributed by atoms with Gasteiger partial charge < -0.3 is 10.5 Å². The lowest BCUT2D eigenvalue weighted by atomic mass is 10.2. The predicted octanol–water partition coefficient (Wildman–Crippen LogP) is 2.59. The molecule has 1 aliphatic rings. The van der Waals surface area contributed by atoms with Crippen LogP contribution in [0.4, 0.5) is 5.69 Å². The van der Waals surface area contributed by atoms with Crippen LogP contribution in [0, 0.1) is 0 Å². The molecule has 1 aromatic rings. The lowest BCUT2D eigenvalue weighted by Gasteiger charge is -2.36. The molecular weight excluding hydrogens is 412 g/mol. The maximum absolute atomic E-state index is 12.9. The zero-order valence-corrected chi connectivity index (χ0v) is 15.1. The van der Waals surface area contributed by atoms with Crippen LogP contribution >= 0.6 is 31.9 Å². The summed E-state index contributed by atoms with van der Waals surface area (Å²) in [5.74, 6) is 0. The van der Waals surface area contributed by atoms with E-state index in [-0.39, 0.29) is 17.0 Å². The first-order valence-corrected chi connectivity index (χ1v) is 9.14. The van der Waals surface area contributed by atoms with Crippen molar-refractivity contribution in [3.63, 3.8) is 0 Å². The molecule has 0 bridgehead atoms. The first kappa shape index (κ1) is 16.2. The molecule has 0 spiro atoms. The molecule has 5 nitrogen and oxygen atoms in total. The van der Waals surface area contributed by atoms with Crippen molar-refractivity contribution in [1.82, 2.24) is 4.31 Å². The second-order valence-corrected chi connectivity index (χ2v) is 8.42. The number of ether oxygens (including phenoxy) is 1. The quantitative estimate of drug-likeness (QED) is 0.736. The van der Waals surface area contributed by atoms with Crippen LogP contribution in [0.3, 0.4) is 0 Å². The molecule has 0 amide bonds. The van der Waals surface area contributed by atoms with Crippen LogP contribution in [0.2, 0.25) is 0 Å². The number of morpholine rings is 1. The van der Waals surface area contributed by atoms with Crippen molar-refractivity contribution in [2.45, 2.75) is 30.9 Å². The van der Waals surface area contributed by atoms with Gasteiger partial charge in [0.1, 0.15) is 4.90 Å². The lowest BCUT2D eigenvalue weighted by Crippen LogP contribution is -2.50. The fourth-order valence-electron chi connectivity index (χ4n) is 2.15. The van der Waals surface area contributed by atoms with Gasteiger partial charge in [-0.05, 0) is 57.8 Å². The van der Waals surface area contributed by atoms with E-state index in [0.717, 1.165) is 0 Å².